The van der Waals surface area contributed by atoms with Crippen molar-refractivity contribution in [2.75, 3.05) is 0 Å². The van der Waals surface area contributed by atoms with Crippen molar-refractivity contribution in [3.05, 3.63) is 12.7 Å². The fourth-order valence-electron chi connectivity index (χ4n) is 2.41. The molecule has 0 N–H and O–H groups in total. The third-order valence-corrected chi connectivity index (χ3v) is 3.56. The van der Waals surface area contributed by atoms with Crippen LogP contribution >= 0.6 is 0 Å². The number of hydrogen-bond donors (Lipinski definition) is 0. The third-order valence-electron chi connectivity index (χ3n) is 3.56. The van der Waals surface area contributed by atoms with Crippen LogP contribution < -0.4 is 0 Å². The predicted octanol–water partition coefficient (Wildman–Crippen LogP) is 3.35. The average Bonchev–Trinajstić information content (AvgIpc) is 2.17. The molecule has 1 fully saturated rings. The van der Waals surface area contributed by atoms with E-state index in [1.807, 2.05) is 6.08 Å². The molecule has 1 saturated carbocycles. The van der Waals surface area contributed by atoms with E-state index in [-0.39, 0.29) is 5.41 Å². The van der Waals surface area contributed by atoms with Crippen LogP contribution in [0, 0.1) is 11.3 Å². The summed E-state index contributed by atoms with van der Waals surface area (Å²) >= 11 is 0. The lowest BCUT2D eigenvalue weighted by molar-refractivity contribution is -0.121. The summed E-state index contributed by atoms with van der Waals surface area (Å²) in [5.74, 6) is 0.568. The van der Waals surface area contributed by atoms with Gasteiger partial charge in [-0.2, -0.15) is 0 Å². The van der Waals surface area contributed by atoms with Crippen molar-refractivity contribution in [2.24, 2.45) is 11.3 Å². The molecule has 0 aromatic carbocycles. The molecular formula is C12H20O. The van der Waals surface area contributed by atoms with E-state index in [1.165, 1.54) is 25.5 Å². The van der Waals surface area contributed by atoms with Crippen molar-refractivity contribution in [1.82, 2.24) is 0 Å². The number of allylic oxidation sites excluding steroid dienone is 1. The molecular weight excluding hydrogens is 160 g/mol. The highest BCUT2D eigenvalue weighted by Gasteiger charge is 2.36. The molecule has 1 nitrogen and oxygen atoms in total. The lowest BCUT2D eigenvalue weighted by Gasteiger charge is -2.38. The molecule has 0 spiro atoms. The normalized spacial score (nSPS) is 34.1. The highest BCUT2D eigenvalue weighted by atomic mass is 16.1. The van der Waals surface area contributed by atoms with Gasteiger partial charge in [0.25, 0.3) is 0 Å². The molecule has 0 aromatic rings. The number of carbonyl (C=O) groups excluding carboxylic acids is 1. The first-order valence-electron chi connectivity index (χ1n) is 5.32. The van der Waals surface area contributed by atoms with Crippen LogP contribution in [0.4, 0.5) is 0 Å². The lowest BCUT2D eigenvalue weighted by Crippen LogP contribution is -2.33. The summed E-state index contributed by atoms with van der Waals surface area (Å²) < 4.78 is 0. The van der Waals surface area contributed by atoms with E-state index in [9.17, 15) is 4.79 Å². The predicted molar refractivity (Wildman–Crippen MR) is 55.6 cm³/mol. The van der Waals surface area contributed by atoms with Crippen LogP contribution in [0.3, 0.4) is 0 Å². The van der Waals surface area contributed by atoms with Crippen LogP contribution in [-0.2, 0) is 4.79 Å². The number of aldehydes is 1. The highest BCUT2D eigenvalue weighted by Crippen LogP contribution is 2.42. The average molecular weight is 180 g/mol. The van der Waals surface area contributed by atoms with Crippen LogP contribution in [0.2, 0.25) is 0 Å². The van der Waals surface area contributed by atoms with E-state index in [2.05, 4.69) is 13.5 Å². The summed E-state index contributed by atoms with van der Waals surface area (Å²) in [6.07, 6.45) is 9.93. The van der Waals surface area contributed by atoms with Gasteiger partial charge in [0.2, 0.25) is 0 Å². The minimum Gasteiger partial charge on any atom is -0.303 e. The summed E-state index contributed by atoms with van der Waals surface area (Å²) in [5.41, 5.74) is -0.0214. The summed E-state index contributed by atoms with van der Waals surface area (Å²) in [5, 5.41) is 0. The maximum absolute atomic E-state index is 11.2. The van der Waals surface area contributed by atoms with Gasteiger partial charge in [-0.15, -0.1) is 6.58 Å². The van der Waals surface area contributed by atoms with Gasteiger partial charge in [0.15, 0.2) is 0 Å². The Morgan fingerprint density at radius 2 is 2.31 bits per heavy atom. The van der Waals surface area contributed by atoms with Crippen LogP contribution in [-0.4, -0.2) is 6.29 Å². The zero-order chi connectivity index (χ0) is 9.73. The first-order chi connectivity index (χ1) is 6.25. The molecule has 2 atom stereocenters. The van der Waals surface area contributed by atoms with Crippen molar-refractivity contribution in [3.8, 4) is 0 Å². The topological polar surface area (TPSA) is 17.1 Å². The van der Waals surface area contributed by atoms with Gasteiger partial charge in [-0.3, -0.25) is 0 Å². The largest absolute Gasteiger partial charge is 0.303 e. The van der Waals surface area contributed by atoms with Crippen molar-refractivity contribution < 1.29 is 4.79 Å². The number of hydrogen-bond acceptors (Lipinski definition) is 1. The van der Waals surface area contributed by atoms with Gasteiger partial charge in [-0.1, -0.05) is 25.8 Å². The van der Waals surface area contributed by atoms with Crippen molar-refractivity contribution in [3.63, 3.8) is 0 Å². The lowest BCUT2D eigenvalue weighted by atomic mass is 9.65. The van der Waals surface area contributed by atoms with E-state index >= 15 is 0 Å². The second-order valence-electron chi connectivity index (χ2n) is 4.33. The molecule has 0 radical (unpaired) electrons. The minimum atomic E-state index is -0.0214. The molecule has 13 heavy (non-hydrogen) atoms. The van der Waals surface area contributed by atoms with Crippen molar-refractivity contribution in [1.29, 1.82) is 0 Å². The van der Waals surface area contributed by atoms with Gasteiger partial charge in [0.05, 0.1) is 0 Å². The maximum atomic E-state index is 11.2. The molecule has 74 valence electrons. The Morgan fingerprint density at radius 1 is 1.54 bits per heavy atom. The second-order valence-corrected chi connectivity index (χ2v) is 4.33. The summed E-state index contributed by atoms with van der Waals surface area (Å²) in [4.78, 5) is 11.2. The highest BCUT2D eigenvalue weighted by molar-refractivity contribution is 5.60. The minimum absolute atomic E-state index is 0.0214. The summed E-state index contributed by atoms with van der Waals surface area (Å²) in [7, 11) is 0. The van der Waals surface area contributed by atoms with E-state index in [1.54, 1.807) is 0 Å². The van der Waals surface area contributed by atoms with Crippen molar-refractivity contribution >= 4 is 6.29 Å². The molecule has 0 amide bonds. The quantitative estimate of drug-likeness (QED) is 0.479. The van der Waals surface area contributed by atoms with Gasteiger partial charge in [0, 0.05) is 5.41 Å². The van der Waals surface area contributed by atoms with E-state index < -0.39 is 0 Å². The van der Waals surface area contributed by atoms with E-state index in [0.29, 0.717) is 5.92 Å². The Bertz CT molecular complexity index is 186. The first kappa shape index (κ1) is 10.5. The smallest absolute Gasteiger partial charge is 0.126 e. The molecule has 0 aromatic heterocycles. The third kappa shape index (κ3) is 2.20. The zero-order valence-corrected chi connectivity index (χ0v) is 8.59. The molecule has 2 unspecified atom stereocenters. The van der Waals surface area contributed by atoms with E-state index in [0.717, 1.165) is 19.3 Å². The van der Waals surface area contributed by atoms with Gasteiger partial charge in [0.1, 0.15) is 6.29 Å². The molecule has 0 heterocycles. The Labute approximate surface area is 81.2 Å². The van der Waals surface area contributed by atoms with Gasteiger partial charge >= 0.3 is 0 Å². The van der Waals surface area contributed by atoms with Crippen LogP contribution in [0.25, 0.3) is 0 Å². The SMILES string of the molecule is C=CCCC1(C=O)CCCCC1C. The first-order valence-corrected chi connectivity index (χ1v) is 5.32. The van der Waals surface area contributed by atoms with Crippen LogP contribution in [0.1, 0.15) is 45.4 Å². The Balaban J connectivity index is 2.63. The zero-order valence-electron chi connectivity index (χ0n) is 8.59. The fraction of sp³-hybridized carbons (Fsp3) is 0.750. The van der Waals surface area contributed by atoms with E-state index in [4.69, 9.17) is 0 Å². The van der Waals surface area contributed by atoms with Gasteiger partial charge < -0.3 is 4.79 Å². The Morgan fingerprint density at radius 3 is 2.85 bits per heavy atom. The number of carbonyl (C=O) groups is 1. The Kier molecular flexibility index (Phi) is 3.71. The summed E-state index contributed by atoms with van der Waals surface area (Å²) in [6.45, 7) is 5.94. The van der Waals surface area contributed by atoms with Crippen LogP contribution in [0.15, 0.2) is 12.7 Å². The molecule has 1 heteroatoms. The molecule has 0 saturated heterocycles. The van der Waals surface area contributed by atoms with Gasteiger partial charge in [-0.05, 0) is 31.6 Å². The Hall–Kier alpha value is -0.590. The molecule has 1 aliphatic rings. The second kappa shape index (κ2) is 4.59. The maximum Gasteiger partial charge on any atom is 0.126 e. The van der Waals surface area contributed by atoms with Crippen molar-refractivity contribution in [2.45, 2.75) is 45.4 Å². The van der Waals surface area contributed by atoms with Gasteiger partial charge in [-0.25, -0.2) is 0 Å². The monoisotopic (exact) mass is 180 g/mol. The fourth-order valence-corrected chi connectivity index (χ4v) is 2.41. The molecule has 1 aliphatic carbocycles. The molecule has 0 bridgehead atoms. The summed E-state index contributed by atoms with van der Waals surface area (Å²) in [6, 6.07) is 0. The molecule has 0 aliphatic heterocycles. The van der Waals surface area contributed by atoms with Crippen LogP contribution in [0.5, 0.6) is 0 Å². The molecule has 1 rings (SSSR count). The standard InChI is InChI=1S/C12H20O/c1-3-4-8-12(10-13)9-6-5-7-11(12)2/h3,10-11H,1,4-9H2,2H3. The number of rotatable bonds is 4.